The van der Waals surface area contributed by atoms with Gasteiger partial charge in [0.15, 0.2) is 11.2 Å². The van der Waals surface area contributed by atoms with Gasteiger partial charge in [-0.15, -0.1) is 0 Å². The first-order chi connectivity index (χ1) is 15.8. The summed E-state index contributed by atoms with van der Waals surface area (Å²) in [5, 5.41) is 9.12. The summed E-state index contributed by atoms with van der Waals surface area (Å²) in [6, 6.07) is 7.87. The summed E-state index contributed by atoms with van der Waals surface area (Å²) in [7, 11) is 1.42. The Morgan fingerprint density at radius 3 is 2.27 bits per heavy atom. The van der Waals surface area contributed by atoms with Crippen LogP contribution in [0.25, 0.3) is 11.2 Å². The second-order valence-electron chi connectivity index (χ2n) is 7.36. The predicted octanol–water partition coefficient (Wildman–Crippen LogP) is 2.54. The summed E-state index contributed by atoms with van der Waals surface area (Å²) in [5.74, 6) is -2.39. The first-order valence-corrected chi connectivity index (χ1v) is 9.98. The molecule has 0 unspecified atom stereocenters. The van der Waals surface area contributed by atoms with Crippen LogP contribution in [-0.2, 0) is 20.1 Å². The molecule has 0 atom stereocenters. The van der Waals surface area contributed by atoms with Crippen LogP contribution in [0.5, 0.6) is 11.8 Å². The van der Waals surface area contributed by atoms with Crippen LogP contribution in [-0.4, -0.2) is 30.4 Å². The van der Waals surface area contributed by atoms with Crippen LogP contribution >= 0.6 is 0 Å². The van der Waals surface area contributed by atoms with Crippen molar-refractivity contribution in [3.05, 3.63) is 86.3 Å². The van der Waals surface area contributed by atoms with Crippen LogP contribution in [0.1, 0.15) is 12.0 Å². The molecule has 0 spiro atoms. The summed E-state index contributed by atoms with van der Waals surface area (Å²) in [6.07, 6.45) is 0.179. The van der Waals surface area contributed by atoms with Gasteiger partial charge in [-0.3, -0.25) is 18.5 Å². The van der Waals surface area contributed by atoms with Gasteiger partial charge in [0, 0.05) is 38.4 Å². The number of nitrogens with zero attached hydrogens (tertiary/aromatic N) is 4. The molecule has 0 saturated carbocycles. The van der Waals surface area contributed by atoms with E-state index in [1.807, 2.05) is 0 Å². The number of halogens is 3. The van der Waals surface area contributed by atoms with Crippen molar-refractivity contribution < 1.29 is 23.0 Å². The Bertz CT molecular complexity index is 1420. The minimum Gasteiger partial charge on any atom is -0.425 e. The van der Waals surface area contributed by atoms with Crippen LogP contribution in [0.4, 0.5) is 13.2 Å². The molecule has 2 heterocycles. The normalized spacial score (nSPS) is 11.3. The fourth-order valence-corrected chi connectivity index (χ4v) is 3.47. The van der Waals surface area contributed by atoms with E-state index in [0.717, 1.165) is 21.3 Å². The number of imidazole rings is 1. The van der Waals surface area contributed by atoms with Crippen molar-refractivity contribution in [3.8, 4) is 11.8 Å². The number of fused-ring (bicyclic) bond motifs is 1. The molecule has 8 nitrogen and oxygen atoms in total. The standard InChI is InChI=1S/C22H19F3N4O4/c1-27-19-18(20(31)28(22(27)32)7-2-8-30)29(12-13-3-5-14(23)6-4-13)21(26-19)33-17-10-15(24)9-16(25)11-17/h3-6,9-11,30H,2,7-8,12H2,1H3. The Balaban J connectivity index is 1.94. The molecule has 4 rings (SSSR count). The van der Waals surface area contributed by atoms with Crippen molar-refractivity contribution in [1.29, 1.82) is 0 Å². The highest BCUT2D eigenvalue weighted by Gasteiger charge is 2.22. The van der Waals surface area contributed by atoms with Gasteiger partial charge in [-0.1, -0.05) is 12.1 Å². The van der Waals surface area contributed by atoms with Gasteiger partial charge in [0.05, 0.1) is 6.54 Å². The van der Waals surface area contributed by atoms with Gasteiger partial charge in [-0.2, -0.15) is 4.98 Å². The molecule has 0 radical (unpaired) electrons. The first-order valence-electron chi connectivity index (χ1n) is 9.98. The summed E-state index contributed by atoms with van der Waals surface area (Å²) < 4.78 is 49.8. The molecule has 0 amide bonds. The summed E-state index contributed by atoms with van der Waals surface area (Å²) >= 11 is 0. The maximum Gasteiger partial charge on any atom is 0.332 e. The van der Waals surface area contributed by atoms with Crippen LogP contribution in [0.3, 0.4) is 0 Å². The van der Waals surface area contributed by atoms with E-state index >= 15 is 0 Å². The highest BCUT2D eigenvalue weighted by molar-refractivity contribution is 5.72. The highest BCUT2D eigenvalue weighted by Crippen LogP contribution is 2.26. The monoisotopic (exact) mass is 460 g/mol. The maximum atomic E-state index is 13.7. The van der Waals surface area contributed by atoms with E-state index in [4.69, 9.17) is 9.84 Å². The molecular weight excluding hydrogens is 441 g/mol. The van der Waals surface area contributed by atoms with Crippen molar-refractivity contribution in [3.63, 3.8) is 0 Å². The molecule has 4 aromatic rings. The van der Waals surface area contributed by atoms with Gasteiger partial charge in [0.1, 0.15) is 23.2 Å². The largest absolute Gasteiger partial charge is 0.425 e. The summed E-state index contributed by atoms with van der Waals surface area (Å²) in [5.41, 5.74) is -0.723. The lowest BCUT2D eigenvalue weighted by Crippen LogP contribution is -2.39. The van der Waals surface area contributed by atoms with Crippen molar-refractivity contribution in [2.24, 2.45) is 7.05 Å². The number of aromatic nitrogens is 4. The molecule has 0 aliphatic rings. The molecule has 11 heteroatoms. The molecule has 0 aliphatic carbocycles. The first kappa shape index (κ1) is 22.3. The Hall–Kier alpha value is -3.86. The number of aryl methyl sites for hydroxylation is 1. The van der Waals surface area contributed by atoms with E-state index in [9.17, 15) is 22.8 Å². The third-order valence-corrected chi connectivity index (χ3v) is 5.04. The van der Waals surface area contributed by atoms with Crippen LogP contribution in [0.2, 0.25) is 0 Å². The zero-order valence-corrected chi connectivity index (χ0v) is 17.5. The lowest BCUT2D eigenvalue weighted by molar-refractivity contribution is 0.277. The number of ether oxygens (including phenoxy) is 1. The lowest BCUT2D eigenvalue weighted by Gasteiger charge is -2.11. The third-order valence-electron chi connectivity index (χ3n) is 5.04. The van der Waals surface area contributed by atoms with Gasteiger partial charge < -0.3 is 9.84 Å². The van der Waals surface area contributed by atoms with Gasteiger partial charge in [0.25, 0.3) is 5.56 Å². The van der Waals surface area contributed by atoms with Crippen LogP contribution in [0, 0.1) is 17.5 Å². The molecule has 2 aromatic heterocycles. The van der Waals surface area contributed by atoms with E-state index in [1.165, 1.54) is 35.9 Å². The SMILES string of the molecule is Cn1c(=O)n(CCCO)c(=O)c2c1nc(Oc1cc(F)cc(F)c1)n2Cc1ccc(F)cc1. The predicted molar refractivity (Wildman–Crippen MR) is 113 cm³/mol. The van der Waals surface area contributed by atoms with Gasteiger partial charge in [-0.25, -0.2) is 18.0 Å². The molecule has 172 valence electrons. The highest BCUT2D eigenvalue weighted by atomic mass is 19.1. The zero-order valence-electron chi connectivity index (χ0n) is 17.5. The number of hydrogen-bond donors (Lipinski definition) is 1. The molecular formula is C22H19F3N4O4. The second-order valence-corrected chi connectivity index (χ2v) is 7.36. The quantitative estimate of drug-likeness (QED) is 0.458. The number of rotatable bonds is 7. The van der Waals surface area contributed by atoms with Gasteiger partial charge >= 0.3 is 11.7 Å². The molecule has 0 saturated heterocycles. The Kier molecular flexibility index (Phi) is 6.05. The van der Waals surface area contributed by atoms with Crippen molar-refractivity contribution >= 4 is 11.2 Å². The Morgan fingerprint density at radius 2 is 1.64 bits per heavy atom. The topological polar surface area (TPSA) is 91.3 Å². The lowest BCUT2D eigenvalue weighted by atomic mass is 10.2. The molecule has 2 aromatic carbocycles. The minimum absolute atomic E-state index is 0.000708. The van der Waals surface area contributed by atoms with Crippen molar-refractivity contribution in [2.75, 3.05) is 6.61 Å². The van der Waals surface area contributed by atoms with E-state index < -0.39 is 28.7 Å². The minimum atomic E-state index is -0.870. The fourth-order valence-electron chi connectivity index (χ4n) is 3.47. The van der Waals surface area contributed by atoms with E-state index in [-0.39, 0.29) is 49.0 Å². The fraction of sp³-hybridized carbons (Fsp3) is 0.227. The van der Waals surface area contributed by atoms with Gasteiger partial charge in [-0.05, 0) is 24.1 Å². The number of hydrogen-bond acceptors (Lipinski definition) is 5. The number of aliphatic hydroxyl groups excluding tert-OH is 1. The van der Waals surface area contributed by atoms with Gasteiger partial charge in [0.2, 0.25) is 0 Å². The maximum absolute atomic E-state index is 13.7. The number of aliphatic hydroxyl groups is 1. The van der Waals surface area contributed by atoms with Crippen LogP contribution in [0.15, 0.2) is 52.1 Å². The van der Waals surface area contributed by atoms with Crippen molar-refractivity contribution in [2.45, 2.75) is 19.5 Å². The van der Waals surface area contributed by atoms with Crippen LogP contribution < -0.4 is 16.0 Å². The third kappa shape index (κ3) is 4.40. The second kappa shape index (κ2) is 8.94. The average Bonchev–Trinajstić information content (AvgIpc) is 3.11. The summed E-state index contributed by atoms with van der Waals surface area (Å²) in [4.78, 5) is 30.2. The zero-order chi connectivity index (χ0) is 23.7. The Morgan fingerprint density at radius 1 is 0.970 bits per heavy atom. The van der Waals surface area contributed by atoms with E-state index in [2.05, 4.69) is 4.98 Å². The smallest absolute Gasteiger partial charge is 0.332 e. The number of benzene rings is 2. The molecule has 1 N–H and O–H groups in total. The molecule has 0 bridgehead atoms. The van der Waals surface area contributed by atoms with E-state index in [1.54, 1.807) is 0 Å². The average molecular weight is 460 g/mol. The van der Waals surface area contributed by atoms with E-state index in [0.29, 0.717) is 11.6 Å². The molecule has 0 aliphatic heterocycles. The molecule has 33 heavy (non-hydrogen) atoms. The van der Waals surface area contributed by atoms with Crippen molar-refractivity contribution in [1.82, 2.24) is 18.7 Å². The molecule has 0 fully saturated rings. The Labute approximate surface area is 184 Å². The summed E-state index contributed by atoms with van der Waals surface area (Å²) in [6.45, 7) is -0.246.